The van der Waals surface area contributed by atoms with Crippen molar-refractivity contribution in [3.63, 3.8) is 0 Å². The Labute approximate surface area is 484 Å². The molecule has 6 heteroatoms. The lowest BCUT2D eigenvalue weighted by Crippen LogP contribution is -2.30. The molecule has 0 fully saturated rings. The van der Waals surface area contributed by atoms with Gasteiger partial charge in [0.05, 0.1) is 0 Å². The van der Waals surface area contributed by atoms with Crippen molar-refractivity contribution < 1.29 is 28.6 Å². The summed E-state index contributed by atoms with van der Waals surface area (Å²) in [4.78, 5) is 38.2. The number of rotatable bonds is 61. The molecule has 0 rings (SSSR count). The van der Waals surface area contributed by atoms with Crippen LogP contribution in [0.2, 0.25) is 0 Å². The van der Waals surface area contributed by atoms with Gasteiger partial charge in [0.15, 0.2) is 6.10 Å². The van der Waals surface area contributed by atoms with Crippen LogP contribution in [0.3, 0.4) is 0 Å². The van der Waals surface area contributed by atoms with E-state index in [9.17, 15) is 14.4 Å². The van der Waals surface area contributed by atoms with Crippen LogP contribution in [0.5, 0.6) is 0 Å². The second kappa shape index (κ2) is 66.1. The van der Waals surface area contributed by atoms with E-state index in [0.717, 1.165) is 116 Å². The van der Waals surface area contributed by atoms with Gasteiger partial charge >= 0.3 is 17.9 Å². The molecule has 0 heterocycles. The fourth-order valence-electron chi connectivity index (χ4n) is 9.62. The molecule has 0 radical (unpaired) electrons. The summed E-state index contributed by atoms with van der Waals surface area (Å²) in [6.07, 6.45) is 87.7. The number of esters is 3. The van der Waals surface area contributed by atoms with Crippen molar-refractivity contribution in [3.05, 3.63) is 85.1 Å². The van der Waals surface area contributed by atoms with Crippen LogP contribution in [0.25, 0.3) is 0 Å². The van der Waals surface area contributed by atoms with Crippen molar-refractivity contribution in [1.82, 2.24) is 0 Å². The van der Waals surface area contributed by atoms with E-state index in [1.54, 1.807) is 0 Å². The smallest absolute Gasteiger partial charge is 0.306 e. The lowest BCUT2D eigenvalue weighted by Gasteiger charge is -2.18. The van der Waals surface area contributed by atoms with E-state index in [0.29, 0.717) is 19.3 Å². The van der Waals surface area contributed by atoms with E-state index in [1.807, 2.05) is 0 Å². The van der Waals surface area contributed by atoms with Gasteiger partial charge in [-0.1, -0.05) is 305 Å². The quantitative estimate of drug-likeness (QED) is 0.0261. The van der Waals surface area contributed by atoms with Crippen LogP contribution < -0.4 is 0 Å². The molecule has 0 aromatic heterocycles. The monoisotopic (exact) mass is 1090 g/mol. The van der Waals surface area contributed by atoms with Gasteiger partial charge in [-0.2, -0.15) is 0 Å². The predicted octanol–water partition coefficient (Wildman–Crippen LogP) is 23.1. The Kier molecular flexibility index (Phi) is 63.2. The number of ether oxygens (including phenoxy) is 3. The molecule has 6 nitrogen and oxygen atoms in total. The standard InChI is InChI=1S/C72H126O6/c1-4-7-10-13-16-19-21-23-25-27-29-31-32-33-34-35-36-37-38-39-40-42-43-45-47-49-51-53-56-59-62-65-71(74)77-68-69(67-76-70(73)64-61-58-55-18-15-12-9-6-3)78-72(75)66-63-60-57-54-52-50-48-46-44-41-30-28-26-24-22-20-17-14-11-8-5-2/h8,11,17,20-21,23-24,26-27,29-30,41,46,48,69H,4-7,9-10,12-16,18-19,22,25,28,31-40,42-45,47,49-68H2,1-3H3/b11-8-,20-17-,23-21-,26-24-,29-27-,41-30-,48-46-. The van der Waals surface area contributed by atoms with Gasteiger partial charge in [-0.25, -0.2) is 0 Å². The zero-order valence-corrected chi connectivity index (χ0v) is 51.7. The molecule has 0 saturated heterocycles. The van der Waals surface area contributed by atoms with E-state index < -0.39 is 6.10 Å². The highest BCUT2D eigenvalue weighted by molar-refractivity contribution is 5.71. The summed E-state index contributed by atoms with van der Waals surface area (Å²) in [5, 5.41) is 0. The Balaban J connectivity index is 4.11. The van der Waals surface area contributed by atoms with Gasteiger partial charge in [0.25, 0.3) is 0 Å². The SMILES string of the molecule is CC/C=C\C/C=C\C/C=C\C/C=C\C/C=C\CCCCCCCC(=O)OC(COC(=O)CCCCCCCCCC)COC(=O)CCCCCCCCCCCCCCCCCCCCC/C=C\C/C=C\CCCCCCC. The molecule has 0 amide bonds. The number of unbranched alkanes of at least 4 members (excludes halogenated alkanes) is 36. The highest BCUT2D eigenvalue weighted by Crippen LogP contribution is 2.17. The van der Waals surface area contributed by atoms with Crippen LogP contribution in [-0.4, -0.2) is 37.2 Å². The number of allylic oxidation sites excluding steroid dienone is 14. The Morgan fingerprint density at radius 2 is 0.500 bits per heavy atom. The second-order valence-corrected chi connectivity index (χ2v) is 22.4. The average molecular weight is 1090 g/mol. The maximum absolute atomic E-state index is 12.9. The topological polar surface area (TPSA) is 78.9 Å². The first kappa shape index (κ1) is 74.6. The third kappa shape index (κ3) is 63.4. The summed E-state index contributed by atoms with van der Waals surface area (Å²) in [7, 11) is 0. The third-order valence-electron chi connectivity index (χ3n) is 14.6. The minimum absolute atomic E-state index is 0.0811. The molecule has 0 saturated carbocycles. The normalized spacial score (nSPS) is 12.6. The van der Waals surface area contributed by atoms with Crippen molar-refractivity contribution in [2.45, 2.75) is 341 Å². The van der Waals surface area contributed by atoms with Gasteiger partial charge in [-0.3, -0.25) is 14.4 Å². The molecule has 0 aromatic carbocycles. The fourth-order valence-corrected chi connectivity index (χ4v) is 9.62. The molecule has 0 bridgehead atoms. The van der Waals surface area contributed by atoms with Gasteiger partial charge in [-0.05, 0) is 96.3 Å². The third-order valence-corrected chi connectivity index (χ3v) is 14.6. The highest BCUT2D eigenvalue weighted by atomic mass is 16.6. The Morgan fingerprint density at radius 3 is 0.782 bits per heavy atom. The van der Waals surface area contributed by atoms with Gasteiger partial charge < -0.3 is 14.2 Å². The second-order valence-electron chi connectivity index (χ2n) is 22.4. The first-order valence-electron chi connectivity index (χ1n) is 33.6. The Hall–Kier alpha value is -3.41. The molecule has 0 aliphatic carbocycles. The van der Waals surface area contributed by atoms with Crippen LogP contribution in [0.1, 0.15) is 335 Å². The molecule has 78 heavy (non-hydrogen) atoms. The van der Waals surface area contributed by atoms with Crippen LogP contribution >= 0.6 is 0 Å². The summed E-state index contributed by atoms with van der Waals surface area (Å²) in [5.41, 5.74) is 0. The Morgan fingerprint density at radius 1 is 0.269 bits per heavy atom. The molecule has 0 N–H and O–H groups in total. The molecule has 0 aromatic rings. The zero-order valence-electron chi connectivity index (χ0n) is 51.7. The van der Waals surface area contributed by atoms with Crippen molar-refractivity contribution in [2.24, 2.45) is 0 Å². The van der Waals surface area contributed by atoms with Crippen LogP contribution in [0.15, 0.2) is 85.1 Å². The maximum Gasteiger partial charge on any atom is 0.306 e. The summed E-state index contributed by atoms with van der Waals surface area (Å²) < 4.78 is 16.9. The van der Waals surface area contributed by atoms with E-state index in [4.69, 9.17) is 14.2 Å². The van der Waals surface area contributed by atoms with Crippen molar-refractivity contribution in [3.8, 4) is 0 Å². The van der Waals surface area contributed by atoms with E-state index in [1.165, 1.54) is 180 Å². The number of hydrogen-bond acceptors (Lipinski definition) is 6. The molecule has 0 aliphatic heterocycles. The molecular weight excluding hydrogens is 961 g/mol. The number of hydrogen-bond donors (Lipinski definition) is 0. The number of carbonyl (C=O) groups is 3. The predicted molar refractivity (Wildman–Crippen MR) is 339 cm³/mol. The molecular formula is C72H126O6. The summed E-state index contributed by atoms with van der Waals surface area (Å²) in [5.74, 6) is -0.891. The molecule has 0 spiro atoms. The lowest BCUT2D eigenvalue weighted by molar-refractivity contribution is -0.167. The minimum Gasteiger partial charge on any atom is -0.462 e. The maximum atomic E-state index is 12.9. The van der Waals surface area contributed by atoms with Crippen LogP contribution in [-0.2, 0) is 28.6 Å². The van der Waals surface area contributed by atoms with Crippen LogP contribution in [0.4, 0.5) is 0 Å². The number of carbonyl (C=O) groups excluding carboxylic acids is 3. The summed E-state index contributed by atoms with van der Waals surface area (Å²) in [6, 6.07) is 0. The van der Waals surface area contributed by atoms with Crippen molar-refractivity contribution in [1.29, 1.82) is 0 Å². The van der Waals surface area contributed by atoms with Crippen molar-refractivity contribution in [2.75, 3.05) is 13.2 Å². The average Bonchev–Trinajstić information content (AvgIpc) is 3.44. The fraction of sp³-hybridized carbons (Fsp3) is 0.764. The van der Waals surface area contributed by atoms with Gasteiger partial charge in [-0.15, -0.1) is 0 Å². The van der Waals surface area contributed by atoms with E-state index in [-0.39, 0.29) is 31.1 Å². The molecule has 1 unspecified atom stereocenters. The lowest BCUT2D eigenvalue weighted by atomic mass is 10.0. The minimum atomic E-state index is -0.784. The molecule has 450 valence electrons. The first-order chi connectivity index (χ1) is 38.5. The molecule has 1 atom stereocenters. The summed E-state index contributed by atoms with van der Waals surface area (Å²) >= 11 is 0. The molecule has 0 aliphatic rings. The van der Waals surface area contributed by atoms with Crippen molar-refractivity contribution >= 4 is 17.9 Å². The largest absolute Gasteiger partial charge is 0.462 e. The Bertz CT molecular complexity index is 1480. The van der Waals surface area contributed by atoms with Gasteiger partial charge in [0.2, 0.25) is 0 Å². The van der Waals surface area contributed by atoms with E-state index in [2.05, 4.69) is 106 Å². The highest BCUT2D eigenvalue weighted by Gasteiger charge is 2.19. The van der Waals surface area contributed by atoms with Crippen LogP contribution in [0, 0.1) is 0 Å². The van der Waals surface area contributed by atoms with E-state index >= 15 is 0 Å². The zero-order chi connectivity index (χ0) is 56.4. The first-order valence-corrected chi connectivity index (χ1v) is 33.6. The summed E-state index contributed by atoms with van der Waals surface area (Å²) in [6.45, 7) is 6.50. The van der Waals surface area contributed by atoms with Gasteiger partial charge in [0, 0.05) is 19.3 Å². The van der Waals surface area contributed by atoms with Gasteiger partial charge in [0.1, 0.15) is 13.2 Å².